The molecule has 0 saturated carbocycles. The number of amides is 1. The first-order chi connectivity index (χ1) is 11.5. The first-order valence-electron chi connectivity index (χ1n) is 7.85. The number of rotatable bonds is 6. The summed E-state index contributed by atoms with van der Waals surface area (Å²) in [5, 5.41) is 0. The molecule has 1 aromatic carbocycles. The van der Waals surface area contributed by atoms with Gasteiger partial charge in [0.2, 0.25) is 0 Å². The van der Waals surface area contributed by atoms with E-state index in [1.165, 1.54) is 0 Å². The highest BCUT2D eigenvalue weighted by Crippen LogP contribution is 2.23. The number of hydrogen-bond acceptors (Lipinski definition) is 3. The molecule has 0 atom stereocenters. The molecule has 1 aromatic heterocycles. The molecule has 5 nitrogen and oxygen atoms in total. The second-order valence-corrected chi connectivity index (χ2v) is 5.39. The molecule has 0 aliphatic rings. The molecule has 0 aliphatic carbocycles. The molecule has 0 radical (unpaired) electrons. The maximum atomic E-state index is 13.0. The normalized spacial score (nSPS) is 10.3. The molecule has 126 valence electrons. The summed E-state index contributed by atoms with van der Waals surface area (Å²) in [6, 6.07) is 9.35. The second-order valence-electron chi connectivity index (χ2n) is 5.39. The Balaban J connectivity index is 2.43. The van der Waals surface area contributed by atoms with Crippen LogP contribution in [0.2, 0.25) is 0 Å². The van der Waals surface area contributed by atoms with Crippen LogP contribution in [0.1, 0.15) is 39.0 Å². The van der Waals surface area contributed by atoms with Gasteiger partial charge in [-0.15, -0.1) is 6.58 Å². The van der Waals surface area contributed by atoms with E-state index in [-0.39, 0.29) is 5.91 Å². The summed E-state index contributed by atoms with van der Waals surface area (Å²) < 4.78 is 5.08. The van der Waals surface area contributed by atoms with Gasteiger partial charge in [0.05, 0.1) is 12.2 Å². The Morgan fingerprint density at radius 1 is 1.25 bits per heavy atom. The molecular weight excluding hydrogens is 304 g/mol. The highest BCUT2D eigenvalue weighted by Gasteiger charge is 2.26. The van der Waals surface area contributed by atoms with Gasteiger partial charge in [-0.05, 0) is 38.5 Å². The molecule has 5 heteroatoms. The summed E-state index contributed by atoms with van der Waals surface area (Å²) in [6.45, 7) is 9.65. The molecule has 0 saturated heterocycles. The molecule has 1 amide bonds. The Morgan fingerprint density at radius 3 is 2.50 bits per heavy atom. The number of benzene rings is 1. The third-order valence-corrected chi connectivity index (χ3v) is 3.76. The number of H-pyrrole nitrogens is 1. The number of aryl methyl sites for hydroxylation is 1. The predicted molar refractivity (Wildman–Crippen MR) is 94.5 cm³/mol. The van der Waals surface area contributed by atoms with Gasteiger partial charge in [0.25, 0.3) is 5.91 Å². The fourth-order valence-electron chi connectivity index (χ4n) is 2.65. The Hall–Kier alpha value is -2.82. The van der Waals surface area contributed by atoms with E-state index >= 15 is 0 Å². The Labute approximate surface area is 141 Å². The fraction of sp³-hybridized carbons (Fsp3) is 0.263. The lowest BCUT2D eigenvalue weighted by atomic mass is 10.1. The molecule has 1 heterocycles. The Kier molecular flexibility index (Phi) is 5.58. The van der Waals surface area contributed by atoms with Gasteiger partial charge < -0.3 is 14.6 Å². The Morgan fingerprint density at radius 2 is 1.92 bits per heavy atom. The number of esters is 1. The van der Waals surface area contributed by atoms with E-state index in [1.54, 1.807) is 31.7 Å². The second kappa shape index (κ2) is 7.64. The summed E-state index contributed by atoms with van der Waals surface area (Å²) in [7, 11) is 0. The van der Waals surface area contributed by atoms with Gasteiger partial charge in [-0.1, -0.05) is 24.3 Å². The quantitative estimate of drug-likeness (QED) is 0.651. The number of carbonyl (C=O) groups excluding carboxylic acids is 2. The van der Waals surface area contributed by atoms with Crippen LogP contribution in [0.15, 0.2) is 43.0 Å². The highest BCUT2D eigenvalue weighted by atomic mass is 16.5. The monoisotopic (exact) mass is 326 g/mol. The molecular formula is C19H22N2O3. The summed E-state index contributed by atoms with van der Waals surface area (Å²) in [5.74, 6) is -0.630. The number of aromatic nitrogens is 1. The largest absolute Gasteiger partial charge is 0.462 e. The average Bonchev–Trinajstić information content (AvgIpc) is 2.87. The van der Waals surface area contributed by atoms with Gasteiger partial charge in [0, 0.05) is 17.9 Å². The molecule has 2 rings (SSSR count). The summed E-state index contributed by atoms with van der Waals surface area (Å²) in [4.78, 5) is 29.7. The van der Waals surface area contributed by atoms with E-state index in [9.17, 15) is 9.59 Å². The van der Waals surface area contributed by atoms with Gasteiger partial charge >= 0.3 is 5.97 Å². The summed E-state index contributed by atoms with van der Waals surface area (Å²) in [5.41, 5.74) is 2.81. The minimum Gasteiger partial charge on any atom is -0.462 e. The van der Waals surface area contributed by atoms with Crippen molar-refractivity contribution in [2.24, 2.45) is 0 Å². The number of anilines is 1. The van der Waals surface area contributed by atoms with Crippen LogP contribution in [-0.4, -0.2) is 30.0 Å². The van der Waals surface area contributed by atoms with Gasteiger partial charge in [0.1, 0.15) is 5.69 Å². The number of hydrogen-bond donors (Lipinski definition) is 1. The van der Waals surface area contributed by atoms with E-state index in [0.717, 1.165) is 5.69 Å². The van der Waals surface area contributed by atoms with Crippen molar-refractivity contribution >= 4 is 17.6 Å². The zero-order valence-electron chi connectivity index (χ0n) is 14.3. The summed E-state index contributed by atoms with van der Waals surface area (Å²) in [6.07, 6.45) is 1.67. The number of nitrogens with zero attached hydrogens (tertiary/aromatic N) is 1. The number of ether oxygens (including phenoxy) is 1. The minimum absolute atomic E-state index is 0.211. The van der Waals surface area contributed by atoms with E-state index in [2.05, 4.69) is 11.6 Å². The van der Waals surface area contributed by atoms with Crippen molar-refractivity contribution in [2.75, 3.05) is 18.1 Å². The van der Waals surface area contributed by atoms with E-state index in [4.69, 9.17) is 4.74 Å². The van der Waals surface area contributed by atoms with Crippen LogP contribution < -0.4 is 4.90 Å². The van der Waals surface area contributed by atoms with Crippen LogP contribution in [0.4, 0.5) is 5.69 Å². The fourth-order valence-corrected chi connectivity index (χ4v) is 2.65. The molecule has 0 spiro atoms. The van der Waals surface area contributed by atoms with E-state index < -0.39 is 5.97 Å². The third-order valence-electron chi connectivity index (χ3n) is 3.76. The lowest BCUT2D eigenvalue weighted by molar-refractivity contribution is 0.0525. The average molecular weight is 326 g/mol. The van der Waals surface area contributed by atoms with E-state index in [0.29, 0.717) is 35.7 Å². The molecule has 24 heavy (non-hydrogen) atoms. The lowest BCUT2D eigenvalue weighted by Gasteiger charge is -2.21. The van der Waals surface area contributed by atoms with Crippen molar-refractivity contribution in [3.63, 3.8) is 0 Å². The van der Waals surface area contributed by atoms with Gasteiger partial charge in [-0.25, -0.2) is 4.79 Å². The van der Waals surface area contributed by atoms with Crippen LogP contribution in [0.25, 0.3) is 0 Å². The van der Waals surface area contributed by atoms with E-state index in [1.807, 2.05) is 30.3 Å². The zero-order valence-corrected chi connectivity index (χ0v) is 14.3. The Bertz CT molecular complexity index is 747. The molecule has 1 N–H and O–H groups in total. The van der Waals surface area contributed by atoms with Gasteiger partial charge in [-0.3, -0.25) is 4.79 Å². The topological polar surface area (TPSA) is 62.4 Å². The number of nitrogens with one attached hydrogen (secondary N) is 1. The van der Waals surface area contributed by atoms with Crippen LogP contribution in [0.3, 0.4) is 0 Å². The van der Waals surface area contributed by atoms with Crippen molar-refractivity contribution in [2.45, 2.75) is 20.8 Å². The standard InChI is InChI=1S/C19H22N2O3/c1-5-12-21(15-10-8-7-9-11-15)18(22)17-13(3)16(14(4)20-17)19(23)24-6-2/h5,7-11,20H,1,6,12H2,2-4H3. The zero-order chi connectivity index (χ0) is 17.7. The predicted octanol–water partition coefficient (Wildman–Crippen LogP) is 3.64. The number of para-hydroxylation sites is 1. The van der Waals surface area contributed by atoms with Crippen molar-refractivity contribution < 1.29 is 14.3 Å². The first-order valence-corrected chi connectivity index (χ1v) is 7.85. The highest BCUT2D eigenvalue weighted by molar-refractivity contribution is 6.08. The maximum absolute atomic E-state index is 13.0. The number of carbonyl (C=O) groups is 2. The SMILES string of the molecule is C=CCN(C(=O)c1[nH]c(C)c(C(=O)OCC)c1C)c1ccccc1. The van der Waals surface area contributed by atoms with Gasteiger partial charge in [0.15, 0.2) is 0 Å². The van der Waals surface area contributed by atoms with Crippen LogP contribution in [0.5, 0.6) is 0 Å². The lowest BCUT2D eigenvalue weighted by Crippen LogP contribution is -2.31. The maximum Gasteiger partial charge on any atom is 0.340 e. The first kappa shape index (κ1) is 17.5. The molecule has 0 unspecified atom stereocenters. The molecule has 0 bridgehead atoms. The van der Waals surface area contributed by atoms with Crippen LogP contribution in [0, 0.1) is 13.8 Å². The van der Waals surface area contributed by atoms with Crippen molar-refractivity contribution in [3.05, 3.63) is 65.5 Å². The molecule has 2 aromatic rings. The smallest absolute Gasteiger partial charge is 0.340 e. The van der Waals surface area contributed by atoms with Crippen molar-refractivity contribution in [1.82, 2.24) is 4.98 Å². The number of aromatic amines is 1. The van der Waals surface area contributed by atoms with Crippen LogP contribution >= 0.6 is 0 Å². The van der Waals surface area contributed by atoms with Gasteiger partial charge in [-0.2, -0.15) is 0 Å². The third kappa shape index (κ3) is 3.40. The molecule has 0 fully saturated rings. The summed E-state index contributed by atoms with van der Waals surface area (Å²) >= 11 is 0. The minimum atomic E-state index is -0.419. The van der Waals surface area contributed by atoms with Crippen molar-refractivity contribution in [3.8, 4) is 0 Å². The van der Waals surface area contributed by atoms with Crippen LogP contribution in [-0.2, 0) is 4.74 Å². The van der Waals surface area contributed by atoms with Crippen molar-refractivity contribution in [1.29, 1.82) is 0 Å². The molecule has 0 aliphatic heterocycles.